The number of rotatable bonds is 0. The highest BCUT2D eigenvalue weighted by Gasteiger charge is 2.05. The summed E-state index contributed by atoms with van der Waals surface area (Å²) in [5.74, 6) is 0. The van der Waals surface area contributed by atoms with E-state index in [1.54, 1.807) is 0 Å². The van der Waals surface area contributed by atoms with E-state index in [9.17, 15) is 0 Å². The third-order valence-electron chi connectivity index (χ3n) is 1.55. The molecule has 1 fully saturated rings. The lowest BCUT2D eigenvalue weighted by atomic mass is 10.2. The van der Waals surface area contributed by atoms with Crippen LogP contribution in [0.4, 0.5) is 0 Å². The molecule has 0 aromatic rings. The fourth-order valence-corrected chi connectivity index (χ4v) is 1.00. The van der Waals surface area contributed by atoms with Crippen molar-refractivity contribution in [1.82, 2.24) is 5.32 Å². The monoisotopic (exact) mass is 115 g/mol. The van der Waals surface area contributed by atoms with Crippen LogP contribution in [0.1, 0.15) is 19.3 Å². The SMILES string of the molecule is OC1CCCNCC1. The van der Waals surface area contributed by atoms with E-state index >= 15 is 0 Å². The highest BCUT2D eigenvalue weighted by molar-refractivity contribution is 4.63. The van der Waals surface area contributed by atoms with Crippen LogP contribution in [-0.2, 0) is 0 Å². The first kappa shape index (κ1) is 6.05. The van der Waals surface area contributed by atoms with Crippen molar-refractivity contribution < 1.29 is 5.11 Å². The van der Waals surface area contributed by atoms with E-state index < -0.39 is 0 Å². The number of hydrogen-bond donors (Lipinski definition) is 2. The summed E-state index contributed by atoms with van der Waals surface area (Å²) in [5, 5.41) is 12.3. The molecular formula is C6H13NO. The van der Waals surface area contributed by atoms with Crippen molar-refractivity contribution in [2.24, 2.45) is 0 Å². The highest BCUT2D eigenvalue weighted by atomic mass is 16.3. The zero-order valence-electron chi connectivity index (χ0n) is 5.06. The Morgan fingerprint density at radius 2 is 2.12 bits per heavy atom. The summed E-state index contributed by atoms with van der Waals surface area (Å²) >= 11 is 0. The van der Waals surface area contributed by atoms with Gasteiger partial charge in [0.1, 0.15) is 0 Å². The molecule has 0 spiro atoms. The number of aliphatic hydroxyl groups is 1. The standard InChI is InChI=1S/C6H13NO/c8-6-2-1-4-7-5-3-6/h6-8H,1-5H2. The topological polar surface area (TPSA) is 32.3 Å². The van der Waals surface area contributed by atoms with Crippen molar-refractivity contribution in [3.63, 3.8) is 0 Å². The Labute approximate surface area is 49.9 Å². The maximum Gasteiger partial charge on any atom is 0.0552 e. The second-order valence-electron chi connectivity index (χ2n) is 2.33. The van der Waals surface area contributed by atoms with E-state index in [1.165, 1.54) is 0 Å². The Morgan fingerprint density at radius 1 is 1.25 bits per heavy atom. The van der Waals surface area contributed by atoms with Crippen LogP contribution in [-0.4, -0.2) is 24.3 Å². The van der Waals surface area contributed by atoms with Crippen molar-refractivity contribution >= 4 is 0 Å². The van der Waals surface area contributed by atoms with Gasteiger partial charge < -0.3 is 10.4 Å². The average molecular weight is 115 g/mol. The lowest BCUT2D eigenvalue weighted by Gasteiger charge is -2.01. The normalized spacial score (nSPS) is 31.9. The van der Waals surface area contributed by atoms with Crippen LogP contribution < -0.4 is 5.32 Å². The molecule has 0 bridgehead atoms. The van der Waals surface area contributed by atoms with Gasteiger partial charge in [0, 0.05) is 0 Å². The molecular weight excluding hydrogens is 102 g/mol. The average Bonchev–Trinajstić information content (AvgIpc) is 1.94. The molecule has 48 valence electrons. The van der Waals surface area contributed by atoms with Gasteiger partial charge in [0.25, 0.3) is 0 Å². The fourth-order valence-electron chi connectivity index (χ4n) is 1.00. The summed E-state index contributed by atoms with van der Waals surface area (Å²) in [6.07, 6.45) is 3.00. The Kier molecular flexibility index (Phi) is 2.30. The molecule has 8 heavy (non-hydrogen) atoms. The van der Waals surface area contributed by atoms with Gasteiger partial charge in [0.2, 0.25) is 0 Å². The third-order valence-corrected chi connectivity index (χ3v) is 1.55. The molecule has 0 saturated carbocycles. The maximum absolute atomic E-state index is 9.05. The van der Waals surface area contributed by atoms with E-state index in [0.717, 1.165) is 32.4 Å². The van der Waals surface area contributed by atoms with Crippen molar-refractivity contribution in [1.29, 1.82) is 0 Å². The molecule has 1 atom stereocenters. The summed E-state index contributed by atoms with van der Waals surface area (Å²) in [7, 11) is 0. The largest absolute Gasteiger partial charge is 0.393 e. The number of nitrogens with one attached hydrogen (secondary N) is 1. The zero-order valence-corrected chi connectivity index (χ0v) is 5.06. The summed E-state index contributed by atoms with van der Waals surface area (Å²) < 4.78 is 0. The Morgan fingerprint density at radius 3 is 3.00 bits per heavy atom. The van der Waals surface area contributed by atoms with Crippen molar-refractivity contribution in [3.8, 4) is 0 Å². The predicted molar refractivity (Wildman–Crippen MR) is 32.7 cm³/mol. The summed E-state index contributed by atoms with van der Waals surface area (Å²) in [6.45, 7) is 2.07. The summed E-state index contributed by atoms with van der Waals surface area (Å²) in [5.41, 5.74) is 0. The molecule has 2 nitrogen and oxygen atoms in total. The van der Waals surface area contributed by atoms with Gasteiger partial charge in [-0.15, -0.1) is 0 Å². The molecule has 0 amide bonds. The van der Waals surface area contributed by atoms with Crippen LogP contribution in [0, 0.1) is 0 Å². The third kappa shape index (κ3) is 1.80. The molecule has 1 aliphatic heterocycles. The van der Waals surface area contributed by atoms with Crippen LogP contribution in [0.3, 0.4) is 0 Å². The van der Waals surface area contributed by atoms with Crippen LogP contribution in [0.25, 0.3) is 0 Å². The number of aliphatic hydroxyl groups excluding tert-OH is 1. The van der Waals surface area contributed by atoms with Crippen LogP contribution in [0.2, 0.25) is 0 Å². The Hall–Kier alpha value is -0.0800. The minimum absolute atomic E-state index is 0.0370. The van der Waals surface area contributed by atoms with Crippen LogP contribution in [0.5, 0.6) is 0 Å². The first-order valence-corrected chi connectivity index (χ1v) is 3.28. The maximum atomic E-state index is 9.05. The van der Waals surface area contributed by atoms with Gasteiger partial charge in [-0.25, -0.2) is 0 Å². The van der Waals surface area contributed by atoms with Crippen molar-refractivity contribution in [2.45, 2.75) is 25.4 Å². The van der Waals surface area contributed by atoms with Crippen molar-refractivity contribution in [3.05, 3.63) is 0 Å². The second-order valence-corrected chi connectivity index (χ2v) is 2.33. The lowest BCUT2D eigenvalue weighted by Crippen LogP contribution is -2.14. The minimum atomic E-state index is -0.0370. The minimum Gasteiger partial charge on any atom is -0.393 e. The molecule has 1 heterocycles. The summed E-state index contributed by atoms with van der Waals surface area (Å²) in [6, 6.07) is 0. The van der Waals surface area contributed by atoms with Crippen LogP contribution >= 0.6 is 0 Å². The zero-order chi connectivity index (χ0) is 5.82. The van der Waals surface area contributed by atoms with Gasteiger partial charge in [0.05, 0.1) is 6.10 Å². The van der Waals surface area contributed by atoms with Gasteiger partial charge >= 0.3 is 0 Å². The van der Waals surface area contributed by atoms with E-state index in [1.807, 2.05) is 0 Å². The number of hydrogen-bond acceptors (Lipinski definition) is 2. The van der Waals surface area contributed by atoms with E-state index in [-0.39, 0.29) is 6.10 Å². The quantitative estimate of drug-likeness (QED) is 0.470. The highest BCUT2D eigenvalue weighted by Crippen LogP contribution is 2.02. The molecule has 0 aromatic heterocycles. The molecule has 1 rings (SSSR count). The molecule has 0 aliphatic carbocycles. The van der Waals surface area contributed by atoms with E-state index in [4.69, 9.17) is 5.11 Å². The molecule has 2 N–H and O–H groups in total. The fraction of sp³-hybridized carbons (Fsp3) is 1.00. The van der Waals surface area contributed by atoms with Gasteiger partial charge in [-0.1, -0.05) is 0 Å². The summed E-state index contributed by atoms with van der Waals surface area (Å²) in [4.78, 5) is 0. The molecule has 1 aliphatic rings. The van der Waals surface area contributed by atoms with Gasteiger partial charge in [-0.2, -0.15) is 0 Å². The Bertz CT molecular complexity index is 57.5. The smallest absolute Gasteiger partial charge is 0.0552 e. The van der Waals surface area contributed by atoms with E-state index in [0.29, 0.717) is 0 Å². The van der Waals surface area contributed by atoms with E-state index in [2.05, 4.69) is 5.32 Å². The second kappa shape index (κ2) is 3.05. The molecule has 1 saturated heterocycles. The molecule has 0 radical (unpaired) electrons. The first-order chi connectivity index (χ1) is 3.89. The predicted octanol–water partition coefficient (Wildman–Crippen LogP) is 0.121. The molecule has 2 heteroatoms. The Balaban J connectivity index is 2.17. The van der Waals surface area contributed by atoms with Gasteiger partial charge in [0.15, 0.2) is 0 Å². The first-order valence-electron chi connectivity index (χ1n) is 3.28. The molecule has 1 unspecified atom stereocenters. The van der Waals surface area contributed by atoms with Crippen molar-refractivity contribution in [2.75, 3.05) is 13.1 Å². The van der Waals surface area contributed by atoms with Gasteiger partial charge in [-0.3, -0.25) is 0 Å². The van der Waals surface area contributed by atoms with Crippen LogP contribution in [0.15, 0.2) is 0 Å². The lowest BCUT2D eigenvalue weighted by molar-refractivity contribution is 0.161. The van der Waals surface area contributed by atoms with Gasteiger partial charge in [-0.05, 0) is 32.4 Å². The molecule has 0 aromatic carbocycles.